The first-order valence-electron chi connectivity index (χ1n) is 4.81. The summed E-state index contributed by atoms with van der Waals surface area (Å²) in [4.78, 5) is 23.7. The van der Waals surface area contributed by atoms with Gasteiger partial charge in [0.25, 0.3) is 5.91 Å². The van der Waals surface area contributed by atoms with E-state index in [2.05, 4.69) is 0 Å². The Morgan fingerprint density at radius 3 is 2.62 bits per heavy atom. The molecule has 1 amide bonds. The summed E-state index contributed by atoms with van der Waals surface area (Å²) in [6, 6.07) is 6.45. The van der Waals surface area contributed by atoms with Crippen molar-refractivity contribution in [3.63, 3.8) is 0 Å². The summed E-state index contributed by atoms with van der Waals surface area (Å²) < 4.78 is 0. The number of likely N-dealkylation sites (N-methyl/N-ethyl adjacent to an activating group) is 1. The number of hydrogen-bond acceptors (Lipinski definition) is 2. The zero-order valence-electron chi connectivity index (χ0n) is 8.81. The molecule has 0 radical (unpaired) electrons. The first kappa shape index (κ1) is 12.5. The van der Waals surface area contributed by atoms with Crippen LogP contribution in [-0.4, -0.2) is 35.0 Å². The molecule has 1 rings (SSSR count). The lowest BCUT2D eigenvalue weighted by Crippen LogP contribution is -2.35. The molecule has 0 saturated heterocycles. The van der Waals surface area contributed by atoms with Gasteiger partial charge in [-0.3, -0.25) is 9.59 Å². The van der Waals surface area contributed by atoms with Gasteiger partial charge in [-0.25, -0.2) is 0 Å². The number of carbonyl (C=O) groups is 2. The topological polar surface area (TPSA) is 57.6 Å². The Bertz CT molecular complexity index is 406. The van der Waals surface area contributed by atoms with Crippen molar-refractivity contribution in [3.05, 3.63) is 34.9 Å². The minimum Gasteiger partial charge on any atom is -0.480 e. The number of carbonyl (C=O) groups excluding carboxylic acids is 1. The van der Waals surface area contributed by atoms with E-state index in [1.165, 1.54) is 11.0 Å². The van der Waals surface area contributed by atoms with Crippen LogP contribution >= 0.6 is 11.6 Å². The summed E-state index contributed by atoms with van der Waals surface area (Å²) in [5.74, 6) is -1.36. The van der Waals surface area contributed by atoms with Gasteiger partial charge in [0.1, 0.15) is 6.54 Å². The number of benzene rings is 1. The van der Waals surface area contributed by atoms with E-state index in [4.69, 9.17) is 16.7 Å². The molecule has 1 aromatic rings. The summed E-state index contributed by atoms with van der Waals surface area (Å²) in [6.45, 7) is 1.77. The molecule has 16 heavy (non-hydrogen) atoms. The van der Waals surface area contributed by atoms with E-state index in [1.54, 1.807) is 25.1 Å². The van der Waals surface area contributed by atoms with Gasteiger partial charge in [0.05, 0.1) is 0 Å². The molecule has 1 aromatic carbocycles. The fraction of sp³-hybridized carbons (Fsp3) is 0.273. The van der Waals surface area contributed by atoms with Crippen LogP contribution in [0.5, 0.6) is 0 Å². The van der Waals surface area contributed by atoms with Crippen LogP contribution in [0.15, 0.2) is 24.3 Å². The van der Waals surface area contributed by atoms with E-state index in [-0.39, 0.29) is 12.5 Å². The third-order valence-corrected chi connectivity index (χ3v) is 2.30. The van der Waals surface area contributed by atoms with E-state index >= 15 is 0 Å². The van der Waals surface area contributed by atoms with Gasteiger partial charge in [0.15, 0.2) is 0 Å². The lowest BCUT2D eigenvalue weighted by Gasteiger charge is -2.18. The minimum atomic E-state index is -1.03. The third-order valence-electron chi connectivity index (χ3n) is 2.07. The predicted molar refractivity (Wildman–Crippen MR) is 60.7 cm³/mol. The number of aliphatic carboxylic acids is 1. The van der Waals surface area contributed by atoms with Crippen LogP contribution in [0.4, 0.5) is 0 Å². The standard InChI is InChI=1S/C11H12ClNO3/c1-2-13(7-10(14)15)11(16)8-4-3-5-9(12)6-8/h3-6H,2,7H2,1H3,(H,14,15). The Balaban J connectivity index is 2.86. The molecule has 0 heterocycles. The first-order valence-corrected chi connectivity index (χ1v) is 5.19. The average molecular weight is 242 g/mol. The van der Waals surface area contributed by atoms with Crippen molar-refractivity contribution in [2.75, 3.05) is 13.1 Å². The number of rotatable bonds is 4. The summed E-state index contributed by atoms with van der Waals surface area (Å²) >= 11 is 5.76. The maximum Gasteiger partial charge on any atom is 0.323 e. The van der Waals surface area contributed by atoms with Crippen molar-refractivity contribution in [3.8, 4) is 0 Å². The molecule has 0 aliphatic rings. The predicted octanol–water partition coefficient (Wildman–Crippen LogP) is 1.89. The molecule has 0 aliphatic heterocycles. The highest BCUT2D eigenvalue weighted by Gasteiger charge is 2.16. The quantitative estimate of drug-likeness (QED) is 0.876. The molecule has 0 atom stereocenters. The average Bonchev–Trinajstić information content (AvgIpc) is 2.24. The number of nitrogens with zero attached hydrogens (tertiary/aromatic N) is 1. The number of carboxylic acid groups (broad SMARTS) is 1. The smallest absolute Gasteiger partial charge is 0.323 e. The fourth-order valence-corrected chi connectivity index (χ4v) is 1.48. The molecule has 0 aromatic heterocycles. The molecule has 1 N–H and O–H groups in total. The van der Waals surface area contributed by atoms with E-state index in [0.717, 1.165) is 0 Å². The van der Waals surface area contributed by atoms with Crippen molar-refractivity contribution in [1.82, 2.24) is 4.90 Å². The van der Waals surface area contributed by atoms with Gasteiger partial charge >= 0.3 is 5.97 Å². The molecule has 0 spiro atoms. The van der Waals surface area contributed by atoms with Crippen LogP contribution in [0.3, 0.4) is 0 Å². The molecule has 0 bridgehead atoms. The van der Waals surface area contributed by atoms with Gasteiger partial charge in [-0.2, -0.15) is 0 Å². The van der Waals surface area contributed by atoms with Crippen molar-refractivity contribution < 1.29 is 14.7 Å². The highest BCUT2D eigenvalue weighted by atomic mass is 35.5. The fourth-order valence-electron chi connectivity index (χ4n) is 1.29. The van der Waals surface area contributed by atoms with Gasteiger partial charge < -0.3 is 10.0 Å². The van der Waals surface area contributed by atoms with Crippen LogP contribution in [0.25, 0.3) is 0 Å². The first-order chi connectivity index (χ1) is 7.54. The van der Waals surface area contributed by atoms with Crippen LogP contribution in [-0.2, 0) is 4.79 Å². The van der Waals surface area contributed by atoms with Crippen LogP contribution in [0.1, 0.15) is 17.3 Å². The normalized spacial score (nSPS) is 9.88. The second-order valence-electron chi connectivity index (χ2n) is 3.22. The summed E-state index contributed by atoms with van der Waals surface area (Å²) in [7, 11) is 0. The molecule has 0 aliphatic carbocycles. The zero-order valence-corrected chi connectivity index (χ0v) is 9.57. The molecular formula is C11H12ClNO3. The van der Waals surface area contributed by atoms with Crippen LogP contribution in [0, 0.1) is 0 Å². The summed E-state index contributed by atoms with van der Waals surface area (Å²) in [6.07, 6.45) is 0. The summed E-state index contributed by atoms with van der Waals surface area (Å²) in [5, 5.41) is 9.10. The molecular weight excluding hydrogens is 230 g/mol. The Morgan fingerprint density at radius 2 is 2.12 bits per heavy atom. The van der Waals surface area contributed by atoms with Gasteiger partial charge in [-0.05, 0) is 25.1 Å². The number of amides is 1. The third kappa shape index (κ3) is 3.24. The Labute approximate surface area is 98.4 Å². The molecule has 5 heteroatoms. The SMILES string of the molecule is CCN(CC(=O)O)C(=O)c1cccc(Cl)c1. The second kappa shape index (κ2) is 5.51. The van der Waals surface area contributed by atoms with Crippen molar-refractivity contribution in [1.29, 1.82) is 0 Å². The van der Waals surface area contributed by atoms with E-state index in [0.29, 0.717) is 17.1 Å². The Morgan fingerprint density at radius 1 is 1.44 bits per heavy atom. The van der Waals surface area contributed by atoms with Crippen LogP contribution in [0.2, 0.25) is 5.02 Å². The Hall–Kier alpha value is -1.55. The van der Waals surface area contributed by atoms with Gasteiger partial charge in [0.2, 0.25) is 0 Å². The molecule has 0 unspecified atom stereocenters. The Kier molecular flexibility index (Phi) is 4.31. The zero-order chi connectivity index (χ0) is 12.1. The van der Waals surface area contributed by atoms with E-state index in [9.17, 15) is 9.59 Å². The second-order valence-corrected chi connectivity index (χ2v) is 3.66. The molecule has 0 saturated carbocycles. The van der Waals surface area contributed by atoms with Crippen molar-refractivity contribution in [2.24, 2.45) is 0 Å². The maximum atomic E-state index is 11.9. The maximum absolute atomic E-state index is 11.9. The van der Waals surface area contributed by atoms with E-state index < -0.39 is 5.97 Å². The van der Waals surface area contributed by atoms with Gasteiger partial charge in [-0.15, -0.1) is 0 Å². The number of halogens is 1. The lowest BCUT2D eigenvalue weighted by molar-refractivity contribution is -0.137. The monoisotopic (exact) mass is 241 g/mol. The molecule has 4 nitrogen and oxygen atoms in total. The highest BCUT2D eigenvalue weighted by Crippen LogP contribution is 2.12. The van der Waals surface area contributed by atoms with Gasteiger partial charge in [-0.1, -0.05) is 17.7 Å². The van der Waals surface area contributed by atoms with Crippen molar-refractivity contribution in [2.45, 2.75) is 6.92 Å². The van der Waals surface area contributed by atoms with Crippen LogP contribution < -0.4 is 0 Å². The largest absolute Gasteiger partial charge is 0.480 e. The lowest BCUT2D eigenvalue weighted by atomic mass is 10.2. The number of hydrogen-bond donors (Lipinski definition) is 1. The minimum absolute atomic E-state index is 0.304. The van der Waals surface area contributed by atoms with E-state index in [1.807, 2.05) is 0 Å². The summed E-state index contributed by atoms with van der Waals surface area (Å²) in [5.41, 5.74) is 0.399. The number of carboxylic acids is 1. The molecule has 0 fully saturated rings. The molecule has 86 valence electrons. The van der Waals surface area contributed by atoms with Gasteiger partial charge in [0, 0.05) is 17.1 Å². The highest BCUT2D eigenvalue weighted by molar-refractivity contribution is 6.30. The van der Waals surface area contributed by atoms with Crippen molar-refractivity contribution >= 4 is 23.5 Å².